The third kappa shape index (κ3) is 7.25. The molecule has 1 aliphatic heterocycles. The number of hydrogen-bond acceptors (Lipinski definition) is 3. The Morgan fingerprint density at radius 2 is 1.92 bits per heavy atom. The number of nitrogens with one attached hydrogen (secondary N) is 2. The molecule has 0 unspecified atom stereocenters. The highest BCUT2D eigenvalue weighted by atomic mass is 127. The standard InChI is InChI=1S/C18H30N4O.HI/c1-15(2)22-12-9-16(10-13-22)21-18(19-3)20-11-14-23-17-7-5-4-6-8-17;/h4-8,15-16H,9-14H2,1-3H3,(H2,19,20,21);1H. The third-order valence-corrected chi connectivity index (χ3v) is 4.23. The zero-order valence-corrected chi connectivity index (χ0v) is 17.3. The first-order valence-corrected chi connectivity index (χ1v) is 8.58. The molecule has 136 valence electrons. The molecule has 1 aromatic carbocycles. The van der Waals surface area contributed by atoms with Crippen LogP contribution in [0.4, 0.5) is 0 Å². The number of para-hydroxylation sites is 1. The maximum Gasteiger partial charge on any atom is 0.191 e. The second-order valence-electron chi connectivity index (χ2n) is 6.21. The van der Waals surface area contributed by atoms with Gasteiger partial charge in [0, 0.05) is 32.2 Å². The summed E-state index contributed by atoms with van der Waals surface area (Å²) < 4.78 is 5.68. The first-order chi connectivity index (χ1) is 11.2. The molecule has 6 heteroatoms. The molecule has 1 heterocycles. The molecule has 0 amide bonds. The summed E-state index contributed by atoms with van der Waals surface area (Å²) in [5.41, 5.74) is 0. The van der Waals surface area contributed by atoms with Crippen LogP contribution in [-0.2, 0) is 0 Å². The van der Waals surface area contributed by atoms with E-state index in [4.69, 9.17) is 4.74 Å². The zero-order valence-electron chi connectivity index (χ0n) is 15.0. The van der Waals surface area contributed by atoms with Crippen molar-refractivity contribution in [2.45, 2.75) is 38.8 Å². The van der Waals surface area contributed by atoms with Gasteiger partial charge in [0.05, 0.1) is 6.54 Å². The Morgan fingerprint density at radius 1 is 1.25 bits per heavy atom. The lowest BCUT2D eigenvalue weighted by Crippen LogP contribution is -2.50. The summed E-state index contributed by atoms with van der Waals surface area (Å²) in [6, 6.07) is 11.0. The third-order valence-electron chi connectivity index (χ3n) is 4.23. The van der Waals surface area contributed by atoms with Crippen LogP contribution in [0.2, 0.25) is 0 Å². The van der Waals surface area contributed by atoms with E-state index in [1.54, 1.807) is 0 Å². The Balaban J connectivity index is 0.00000288. The van der Waals surface area contributed by atoms with Crippen LogP contribution in [-0.4, -0.2) is 56.2 Å². The van der Waals surface area contributed by atoms with Gasteiger partial charge in [-0.2, -0.15) is 0 Å². The van der Waals surface area contributed by atoms with Gasteiger partial charge >= 0.3 is 0 Å². The summed E-state index contributed by atoms with van der Waals surface area (Å²) in [4.78, 5) is 6.84. The number of hydrogen-bond donors (Lipinski definition) is 2. The highest BCUT2D eigenvalue weighted by Gasteiger charge is 2.21. The fourth-order valence-corrected chi connectivity index (χ4v) is 2.80. The molecular weight excluding hydrogens is 415 g/mol. The van der Waals surface area contributed by atoms with Gasteiger partial charge in [-0.3, -0.25) is 4.99 Å². The molecule has 1 aliphatic rings. The zero-order chi connectivity index (χ0) is 16.5. The Labute approximate surface area is 163 Å². The van der Waals surface area contributed by atoms with Crippen molar-refractivity contribution in [3.8, 4) is 5.75 Å². The number of guanidine groups is 1. The molecule has 5 nitrogen and oxygen atoms in total. The molecule has 0 atom stereocenters. The van der Waals surface area contributed by atoms with E-state index in [1.165, 1.54) is 12.8 Å². The molecular formula is C18H31IN4O. The second kappa shape index (κ2) is 11.5. The smallest absolute Gasteiger partial charge is 0.191 e. The largest absolute Gasteiger partial charge is 0.492 e. The maximum absolute atomic E-state index is 5.68. The number of ether oxygens (including phenoxy) is 1. The fourth-order valence-electron chi connectivity index (χ4n) is 2.80. The van der Waals surface area contributed by atoms with E-state index in [0.29, 0.717) is 18.7 Å². The number of nitrogens with zero attached hydrogens (tertiary/aromatic N) is 2. The Morgan fingerprint density at radius 3 is 2.50 bits per heavy atom. The van der Waals surface area contributed by atoms with E-state index in [1.807, 2.05) is 37.4 Å². The van der Waals surface area contributed by atoms with Gasteiger partial charge in [0.15, 0.2) is 5.96 Å². The molecule has 24 heavy (non-hydrogen) atoms. The van der Waals surface area contributed by atoms with Gasteiger partial charge in [-0.05, 0) is 38.8 Å². The van der Waals surface area contributed by atoms with Gasteiger partial charge in [0.1, 0.15) is 12.4 Å². The highest BCUT2D eigenvalue weighted by Crippen LogP contribution is 2.12. The predicted octanol–water partition coefficient (Wildman–Crippen LogP) is 2.72. The van der Waals surface area contributed by atoms with Crippen molar-refractivity contribution in [1.29, 1.82) is 0 Å². The molecule has 1 fully saturated rings. The minimum absolute atomic E-state index is 0. The lowest BCUT2D eigenvalue weighted by molar-refractivity contribution is 0.167. The summed E-state index contributed by atoms with van der Waals surface area (Å²) >= 11 is 0. The minimum Gasteiger partial charge on any atom is -0.492 e. The molecule has 1 saturated heterocycles. The van der Waals surface area contributed by atoms with Crippen molar-refractivity contribution in [2.75, 3.05) is 33.3 Å². The summed E-state index contributed by atoms with van der Waals surface area (Å²) in [5, 5.41) is 6.84. The van der Waals surface area contributed by atoms with Crippen molar-refractivity contribution < 1.29 is 4.74 Å². The Hall–Kier alpha value is -1.02. The van der Waals surface area contributed by atoms with E-state index in [0.717, 1.165) is 31.3 Å². The first-order valence-electron chi connectivity index (χ1n) is 8.58. The van der Waals surface area contributed by atoms with Gasteiger partial charge < -0.3 is 20.3 Å². The first kappa shape index (κ1) is 21.0. The van der Waals surface area contributed by atoms with Gasteiger partial charge in [-0.15, -0.1) is 24.0 Å². The van der Waals surface area contributed by atoms with Crippen molar-refractivity contribution in [3.05, 3.63) is 30.3 Å². The van der Waals surface area contributed by atoms with E-state index in [2.05, 4.69) is 34.4 Å². The molecule has 0 radical (unpaired) electrons. The molecule has 1 aromatic rings. The Bertz CT molecular complexity index is 473. The second-order valence-corrected chi connectivity index (χ2v) is 6.21. The number of rotatable bonds is 6. The highest BCUT2D eigenvalue weighted by molar-refractivity contribution is 14.0. The van der Waals surface area contributed by atoms with Crippen molar-refractivity contribution in [2.24, 2.45) is 4.99 Å². The van der Waals surface area contributed by atoms with E-state index in [-0.39, 0.29) is 24.0 Å². The average molecular weight is 446 g/mol. The summed E-state index contributed by atoms with van der Waals surface area (Å²) in [6.07, 6.45) is 2.33. The predicted molar refractivity (Wildman–Crippen MR) is 112 cm³/mol. The lowest BCUT2D eigenvalue weighted by atomic mass is 10.0. The Kier molecular flexibility index (Phi) is 10.1. The van der Waals surface area contributed by atoms with Gasteiger partial charge in [-0.25, -0.2) is 0 Å². The summed E-state index contributed by atoms with van der Waals surface area (Å²) in [7, 11) is 1.82. The summed E-state index contributed by atoms with van der Waals surface area (Å²) in [6.45, 7) is 8.20. The van der Waals surface area contributed by atoms with Crippen molar-refractivity contribution in [1.82, 2.24) is 15.5 Å². The van der Waals surface area contributed by atoms with Gasteiger partial charge in [-0.1, -0.05) is 18.2 Å². The average Bonchev–Trinajstić information content (AvgIpc) is 2.59. The van der Waals surface area contributed by atoms with Crippen LogP contribution in [0, 0.1) is 0 Å². The van der Waals surface area contributed by atoms with E-state index < -0.39 is 0 Å². The van der Waals surface area contributed by atoms with Crippen LogP contribution in [0.5, 0.6) is 5.75 Å². The van der Waals surface area contributed by atoms with Crippen LogP contribution >= 0.6 is 24.0 Å². The molecule has 2 rings (SSSR count). The van der Waals surface area contributed by atoms with Gasteiger partial charge in [0.2, 0.25) is 0 Å². The fraction of sp³-hybridized carbons (Fsp3) is 0.611. The lowest BCUT2D eigenvalue weighted by Gasteiger charge is -2.35. The van der Waals surface area contributed by atoms with Crippen LogP contribution in [0.1, 0.15) is 26.7 Å². The topological polar surface area (TPSA) is 48.9 Å². The number of halogens is 1. The quantitative estimate of drug-likeness (QED) is 0.306. The summed E-state index contributed by atoms with van der Waals surface area (Å²) in [5.74, 6) is 1.77. The van der Waals surface area contributed by atoms with E-state index >= 15 is 0 Å². The SMILES string of the molecule is CN=C(NCCOc1ccccc1)NC1CCN(C(C)C)CC1.I. The number of piperidine rings is 1. The molecule has 0 spiro atoms. The minimum atomic E-state index is 0. The number of benzene rings is 1. The maximum atomic E-state index is 5.68. The van der Waals surface area contributed by atoms with Crippen LogP contribution in [0.15, 0.2) is 35.3 Å². The van der Waals surface area contributed by atoms with Crippen molar-refractivity contribution in [3.63, 3.8) is 0 Å². The molecule has 0 aromatic heterocycles. The molecule has 2 N–H and O–H groups in total. The number of aliphatic imine (C=N–C) groups is 1. The molecule has 0 bridgehead atoms. The van der Waals surface area contributed by atoms with Crippen LogP contribution < -0.4 is 15.4 Å². The van der Waals surface area contributed by atoms with Crippen LogP contribution in [0.25, 0.3) is 0 Å². The molecule has 0 aliphatic carbocycles. The number of likely N-dealkylation sites (tertiary alicyclic amines) is 1. The van der Waals surface area contributed by atoms with E-state index in [9.17, 15) is 0 Å². The van der Waals surface area contributed by atoms with Crippen LogP contribution in [0.3, 0.4) is 0 Å². The van der Waals surface area contributed by atoms with Gasteiger partial charge in [0.25, 0.3) is 0 Å². The molecule has 0 saturated carbocycles. The normalized spacial score (nSPS) is 16.6. The van der Waals surface area contributed by atoms with Crippen molar-refractivity contribution >= 4 is 29.9 Å². The monoisotopic (exact) mass is 446 g/mol.